The monoisotopic (exact) mass is 722 g/mol. The highest BCUT2D eigenvalue weighted by Gasteiger charge is 2.52. The third-order valence-electron chi connectivity index (χ3n) is 9.36. The Morgan fingerprint density at radius 1 is 0.745 bits per heavy atom. The Morgan fingerprint density at radius 2 is 1.29 bits per heavy atom. The van der Waals surface area contributed by atoms with Crippen LogP contribution in [0.25, 0.3) is 0 Å². The largest absolute Gasteiger partial charge is 0.494 e. The molecule has 0 spiro atoms. The second-order valence-corrected chi connectivity index (χ2v) is 19.5. The first kappa shape index (κ1) is 41.3. The first-order valence-electron chi connectivity index (χ1n) is 17.7. The molecule has 11 heteroatoms. The van der Waals surface area contributed by atoms with Crippen LogP contribution in [0.3, 0.4) is 0 Å². The van der Waals surface area contributed by atoms with Crippen LogP contribution in [-0.4, -0.2) is 69.6 Å². The number of carbonyl (C=O) groups is 4. The molecule has 278 valence electrons. The van der Waals surface area contributed by atoms with E-state index in [1.165, 1.54) is 27.7 Å². The number of hydrogen-bond acceptors (Lipinski definition) is 10. The third kappa shape index (κ3) is 10.7. The molecule has 1 aliphatic heterocycles. The molecule has 0 radical (unpaired) electrons. The van der Waals surface area contributed by atoms with Crippen LogP contribution in [0.2, 0.25) is 16.6 Å². The van der Waals surface area contributed by atoms with E-state index in [1.54, 1.807) is 0 Å². The van der Waals surface area contributed by atoms with Crippen LogP contribution in [0.15, 0.2) is 42.5 Å². The molecule has 0 bridgehead atoms. The van der Waals surface area contributed by atoms with Gasteiger partial charge in [-0.2, -0.15) is 0 Å². The second-order valence-electron chi connectivity index (χ2n) is 13.9. The van der Waals surface area contributed by atoms with Gasteiger partial charge in [-0.1, -0.05) is 71.7 Å². The van der Waals surface area contributed by atoms with Gasteiger partial charge in [-0.05, 0) is 64.9 Å². The molecule has 1 fully saturated rings. The molecule has 2 aromatic carbocycles. The van der Waals surface area contributed by atoms with E-state index >= 15 is 0 Å². The van der Waals surface area contributed by atoms with Crippen molar-refractivity contribution in [2.45, 2.75) is 130 Å². The van der Waals surface area contributed by atoms with Gasteiger partial charge in [0.25, 0.3) is 0 Å². The average molecular weight is 723 g/mol. The Kier molecular flexibility index (Phi) is 14.9. The van der Waals surface area contributed by atoms with Crippen molar-refractivity contribution in [3.8, 4) is 17.2 Å². The number of rotatable bonds is 13. The fraction of sp³-hybridized carbons (Fsp3) is 0.550. The summed E-state index contributed by atoms with van der Waals surface area (Å²) in [5.41, 5.74) is 8.57. The summed E-state index contributed by atoms with van der Waals surface area (Å²) < 4.78 is 34.5. The van der Waals surface area contributed by atoms with Gasteiger partial charge in [0, 0.05) is 33.3 Å². The van der Waals surface area contributed by atoms with Crippen molar-refractivity contribution in [2.75, 3.05) is 13.2 Å². The fourth-order valence-corrected chi connectivity index (χ4v) is 12.5. The minimum atomic E-state index is -2.08. The quantitative estimate of drug-likeness (QED) is 0.0920. The van der Waals surface area contributed by atoms with Gasteiger partial charge in [-0.25, -0.2) is 0 Å². The molecule has 1 saturated heterocycles. The Balaban J connectivity index is 2.26. The van der Waals surface area contributed by atoms with E-state index < -0.39 is 62.5 Å². The van der Waals surface area contributed by atoms with Gasteiger partial charge in [0.05, 0.1) is 6.61 Å². The Hall–Kier alpha value is -4.14. The van der Waals surface area contributed by atoms with Gasteiger partial charge >= 0.3 is 23.9 Å². The highest BCUT2D eigenvalue weighted by atomic mass is 28.3. The molecule has 0 unspecified atom stereocenters. The van der Waals surface area contributed by atoms with Crippen LogP contribution in [0.4, 0.5) is 0 Å². The SMILES string of the molecule is CCOc1ccc(Cc2cc([C@@H]3O[C@H](COC(C)=O)[C@@H](OC(C)=O)[C@H](OC(C)=O)[C@H]3OC(C)=O)ccc2C#C[Si](C(C)C)(C(C)C)C(C)C)cc1. The number of ether oxygens (including phenoxy) is 6. The van der Waals surface area contributed by atoms with Gasteiger partial charge in [-0.15, -0.1) is 5.54 Å². The van der Waals surface area contributed by atoms with Gasteiger partial charge in [-0.3, -0.25) is 19.2 Å². The molecule has 0 amide bonds. The van der Waals surface area contributed by atoms with Crippen LogP contribution in [0, 0.1) is 11.5 Å². The standard InChI is InChI=1S/C40H54O10Si/c1-12-45-35-17-13-31(14-18-35)21-34-22-33(16-15-32(34)19-20-51(24(2)3,25(4)5)26(6)7)37-39(48-29(10)43)40(49-30(11)44)38(47-28(9)42)36(50-37)23-46-27(8)41/h13-18,22,24-26,36-40H,12,21,23H2,1-11H3/t36-,37+,38-,39+,40+/m1/s1. The summed E-state index contributed by atoms with van der Waals surface area (Å²) in [7, 11) is -2.08. The van der Waals surface area contributed by atoms with E-state index in [0.717, 1.165) is 22.4 Å². The lowest BCUT2D eigenvalue weighted by Gasteiger charge is -2.44. The lowest BCUT2D eigenvalue weighted by molar-refractivity contribution is -0.254. The van der Waals surface area contributed by atoms with Crippen LogP contribution in [0.5, 0.6) is 5.75 Å². The molecule has 2 aromatic rings. The van der Waals surface area contributed by atoms with Crippen molar-refractivity contribution in [1.82, 2.24) is 0 Å². The summed E-state index contributed by atoms with van der Waals surface area (Å²) in [4.78, 5) is 49.0. The fourth-order valence-electron chi connectivity index (χ4n) is 7.25. The predicted octanol–water partition coefficient (Wildman–Crippen LogP) is 7.04. The zero-order valence-corrected chi connectivity index (χ0v) is 32.9. The molecule has 0 aromatic heterocycles. The van der Waals surface area contributed by atoms with E-state index in [0.29, 0.717) is 35.2 Å². The molecular weight excluding hydrogens is 669 g/mol. The zero-order valence-electron chi connectivity index (χ0n) is 31.9. The summed E-state index contributed by atoms with van der Waals surface area (Å²) in [6, 6.07) is 13.7. The van der Waals surface area contributed by atoms with Crippen molar-refractivity contribution >= 4 is 32.0 Å². The minimum absolute atomic E-state index is 0.302. The van der Waals surface area contributed by atoms with Crippen molar-refractivity contribution in [2.24, 2.45) is 0 Å². The number of hydrogen-bond donors (Lipinski definition) is 0. The maximum atomic E-state index is 12.5. The predicted molar refractivity (Wildman–Crippen MR) is 196 cm³/mol. The molecule has 1 heterocycles. The molecule has 51 heavy (non-hydrogen) atoms. The van der Waals surface area contributed by atoms with Gasteiger partial charge in [0.15, 0.2) is 18.3 Å². The van der Waals surface area contributed by atoms with E-state index in [1.807, 2.05) is 49.4 Å². The topological polar surface area (TPSA) is 124 Å². The smallest absolute Gasteiger partial charge is 0.303 e. The number of esters is 4. The first-order chi connectivity index (χ1) is 24.0. The van der Waals surface area contributed by atoms with Crippen molar-refractivity contribution in [1.29, 1.82) is 0 Å². The zero-order chi connectivity index (χ0) is 38.0. The van der Waals surface area contributed by atoms with Crippen molar-refractivity contribution < 1.29 is 47.6 Å². The second kappa shape index (κ2) is 18.4. The van der Waals surface area contributed by atoms with Crippen LogP contribution < -0.4 is 4.74 Å². The summed E-state index contributed by atoms with van der Waals surface area (Å²) in [6.07, 6.45) is -5.23. The summed E-state index contributed by atoms with van der Waals surface area (Å²) in [5, 5.41) is 0. The average Bonchev–Trinajstić information content (AvgIpc) is 3.03. The third-order valence-corrected chi connectivity index (χ3v) is 15.6. The van der Waals surface area contributed by atoms with E-state index in [4.69, 9.17) is 28.4 Å². The van der Waals surface area contributed by atoms with Crippen LogP contribution in [-0.2, 0) is 49.3 Å². The molecule has 0 N–H and O–H groups in total. The van der Waals surface area contributed by atoms with E-state index in [-0.39, 0.29) is 6.61 Å². The van der Waals surface area contributed by atoms with Crippen molar-refractivity contribution in [3.63, 3.8) is 0 Å². The van der Waals surface area contributed by atoms with Gasteiger partial charge in [0.1, 0.15) is 32.6 Å². The van der Waals surface area contributed by atoms with Crippen LogP contribution >= 0.6 is 0 Å². The minimum Gasteiger partial charge on any atom is -0.494 e. The van der Waals surface area contributed by atoms with E-state index in [2.05, 4.69) is 53.0 Å². The Labute approximate surface area is 303 Å². The normalized spacial score (nSPS) is 20.3. The lowest BCUT2D eigenvalue weighted by Crippen LogP contribution is -2.59. The molecule has 5 atom stereocenters. The Morgan fingerprint density at radius 3 is 1.80 bits per heavy atom. The molecular formula is C40H54O10Si. The molecule has 1 aliphatic rings. The maximum absolute atomic E-state index is 12.5. The highest BCUT2D eigenvalue weighted by Crippen LogP contribution is 2.41. The Bertz CT molecular complexity index is 1560. The molecule has 10 nitrogen and oxygen atoms in total. The van der Waals surface area contributed by atoms with Gasteiger partial charge in [0.2, 0.25) is 0 Å². The molecule has 0 saturated carbocycles. The lowest BCUT2D eigenvalue weighted by atomic mass is 9.88. The number of carbonyl (C=O) groups excluding carboxylic acids is 4. The summed E-state index contributed by atoms with van der Waals surface area (Å²) in [5.74, 6) is 1.78. The molecule has 0 aliphatic carbocycles. The summed E-state index contributed by atoms with van der Waals surface area (Å²) in [6.45, 7) is 20.7. The van der Waals surface area contributed by atoms with E-state index in [9.17, 15) is 19.2 Å². The number of benzene rings is 2. The highest BCUT2D eigenvalue weighted by molar-refractivity contribution is 6.90. The summed E-state index contributed by atoms with van der Waals surface area (Å²) >= 11 is 0. The van der Waals surface area contributed by atoms with Gasteiger partial charge < -0.3 is 28.4 Å². The first-order valence-corrected chi connectivity index (χ1v) is 19.9. The van der Waals surface area contributed by atoms with Crippen molar-refractivity contribution in [3.05, 3.63) is 64.7 Å². The maximum Gasteiger partial charge on any atom is 0.303 e. The van der Waals surface area contributed by atoms with Crippen LogP contribution in [0.1, 0.15) is 105 Å². The molecule has 3 rings (SSSR count).